The van der Waals surface area contributed by atoms with Crippen molar-refractivity contribution in [2.24, 2.45) is 0 Å². The van der Waals surface area contributed by atoms with Gasteiger partial charge in [-0.1, -0.05) is 6.07 Å². The Morgan fingerprint density at radius 3 is 2.77 bits per heavy atom. The highest BCUT2D eigenvalue weighted by atomic mass is 32.1. The molecular formula is C16H23N3O2S. The summed E-state index contributed by atoms with van der Waals surface area (Å²) in [6.45, 7) is 6.91. The molecule has 1 spiro atoms. The highest BCUT2D eigenvalue weighted by Gasteiger charge is 2.52. The molecular weight excluding hydrogens is 298 g/mol. The van der Waals surface area contributed by atoms with Crippen molar-refractivity contribution < 1.29 is 9.53 Å². The first-order valence-electron chi connectivity index (χ1n) is 8.05. The number of likely N-dealkylation sites (N-methyl/N-ethyl adjacent to an activating group) is 1. The summed E-state index contributed by atoms with van der Waals surface area (Å²) in [5, 5.41) is 1.96. The average Bonchev–Trinajstić information content (AvgIpc) is 3.15. The van der Waals surface area contributed by atoms with Gasteiger partial charge >= 0.3 is 0 Å². The SMILES string of the molecule is CN1CCN(C2COC3(C2)CN(C(=O)c2cccs2)C3)CC1. The van der Waals surface area contributed by atoms with Gasteiger partial charge in [-0.25, -0.2) is 0 Å². The number of thiophene rings is 1. The highest BCUT2D eigenvalue weighted by molar-refractivity contribution is 7.12. The number of amides is 1. The Morgan fingerprint density at radius 2 is 2.09 bits per heavy atom. The summed E-state index contributed by atoms with van der Waals surface area (Å²) >= 11 is 1.52. The van der Waals surface area contributed by atoms with Crippen molar-refractivity contribution in [1.82, 2.24) is 14.7 Å². The zero-order chi connectivity index (χ0) is 15.2. The second-order valence-corrected chi connectivity index (χ2v) is 7.78. The first-order chi connectivity index (χ1) is 10.7. The molecule has 1 amide bonds. The first-order valence-corrected chi connectivity index (χ1v) is 8.93. The van der Waals surface area contributed by atoms with Crippen LogP contribution in [-0.2, 0) is 4.74 Å². The third-order valence-electron chi connectivity index (χ3n) is 5.22. The van der Waals surface area contributed by atoms with Crippen LogP contribution in [0.3, 0.4) is 0 Å². The van der Waals surface area contributed by atoms with E-state index in [9.17, 15) is 4.79 Å². The van der Waals surface area contributed by atoms with E-state index >= 15 is 0 Å². The third-order valence-corrected chi connectivity index (χ3v) is 6.08. The molecule has 3 aliphatic rings. The van der Waals surface area contributed by atoms with Gasteiger partial charge in [0.05, 0.1) is 24.6 Å². The Bertz CT molecular complexity index is 534. The Hall–Kier alpha value is -0.950. The molecule has 0 saturated carbocycles. The number of hydrogen-bond donors (Lipinski definition) is 0. The number of piperazine rings is 1. The third kappa shape index (κ3) is 2.58. The molecule has 0 radical (unpaired) electrons. The molecule has 3 aliphatic heterocycles. The number of rotatable bonds is 2. The molecule has 1 unspecified atom stereocenters. The van der Waals surface area contributed by atoms with Crippen LogP contribution in [0.15, 0.2) is 17.5 Å². The fourth-order valence-electron chi connectivity index (χ4n) is 3.81. The molecule has 1 aromatic rings. The molecule has 0 N–H and O–H groups in total. The predicted octanol–water partition coefficient (Wildman–Crippen LogP) is 0.979. The average molecular weight is 321 g/mol. The number of carbonyl (C=O) groups is 1. The molecule has 22 heavy (non-hydrogen) atoms. The zero-order valence-electron chi connectivity index (χ0n) is 13.0. The minimum atomic E-state index is -0.0685. The molecule has 6 heteroatoms. The molecule has 4 rings (SSSR count). The van der Waals surface area contributed by atoms with Crippen molar-refractivity contribution in [3.05, 3.63) is 22.4 Å². The van der Waals surface area contributed by atoms with Crippen LogP contribution in [0.4, 0.5) is 0 Å². The van der Waals surface area contributed by atoms with Crippen LogP contribution in [0.1, 0.15) is 16.1 Å². The zero-order valence-corrected chi connectivity index (χ0v) is 13.8. The van der Waals surface area contributed by atoms with Crippen molar-refractivity contribution in [3.8, 4) is 0 Å². The van der Waals surface area contributed by atoms with Gasteiger partial charge in [0.25, 0.3) is 5.91 Å². The minimum Gasteiger partial charge on any atom is -0.370 e. The van der Waals surface area contributed by atoms with Gasteiger partial charge in [-0.15, -0.1) is 11.3 Å². The summed E-state index contributed by atoms with van der Waals surface area (Å²) in [5.41, 5.74) is -0.0685. The molecule has 5 nitrogen and oxygen atoms in total. The molecule has 3 saturated heterocycles. The van der Waals surface area contributed by atoms with Gasteiger partial charge in [0, 0.05) is 32.2 Å². The van der Waals surface area contributed by atoms with Gasteiger partial charge in [-0.3, -0.25) is 9.69 Å². The van der Waals surface area contributed by atoms with Crippen LogP contribution in [-0.4, -0.2) is 85.2 Å². The number of likely N-dealkylation sites (tertiary alicyclic amines) is 1. The summed E-state index contributed by atoms with van der Waals surface area (Å²) in [7, 11) is 2.18. The molecule has 0 bridgehead atoms. The van der Waals surface area contributed by atoms with Gasteiger partial charge in [-0.05, 0) is 24.9 Å². The van der Waals surface area contributed by atoms with E-state index in [1.165, 1.54) is 11.3 Å². The fourth-order valence-corrected chi connectivity index (χ4v) is 4.50. The molecule has 0 aliphatic carbocycles. The maximum absolute atomic E-state index is 12.3. The van der Waals surface area contributed by atoms with Crippen LogP contribution >= 0.6 is 11.3 Å². The summed E-state index contributed by atoms with van der Waals surface area (Å²) < 4.78 is 6.12. The molecule has 0 aromatic carbocycles. The molecule has 1 atom stereocenters. The number of hydrogen-bond acceptors (Lipinski definition) is 5. The van der Waals surface area contributed by atoms with E-state index in [2.05, 4.69) is 16.8 Å². The maximum atomic E-state index is 12.3. The number of nitrogens with zero attached hydrogens (tertiary/aromatic N) is 3. The van der Waals surface area contributed by atoms with E-state index in [4.69, 9.17) is 4.74 Å². The van der Waals surface area contributed by atoms with E-state index in [0.717, 1.165) is 57.2 Å². The second-order valence-electron chi connectivity index (χ2n) is 6.83. The Morgan fingerprint density at radius 1 is 1.32 bits per heavy atom. The smallest absolute Gasteiger partial charge is 0.264 e. The number of ether oxygens (including phenoxy) is 1. The van der Waals surface area contributed by atoms with Gasteiger partial charge in [0.2, 0.25) is 0 Å². The molecule has 120 valence electrons. The monoisotopic (exact) mass is 321 g/mol. The quantitative estimate of drug-likeness (QED) is 0.814. The van der Waals surface area contributed by atoms with Gasteiger partial charge in [0.1, 0.15) is 5.60 Å². The van der Waals surface area contributed by atoms with E-state index in [1.807, 2.05) is 22.4 Å². The lowest BCUT2D eigenvalue weighted by molar-refractivity contribution is -0.0949. The highest BCUT2D eigenvalue weighted by Crippen LogP contribution is 2.38. The van der Waals surface area contributed by atoms with E-state index in [-0.39, 0.29) is 11.5 Å². The van der Waals surface area contributed by atoms with Crippen LogP contribution in [0.5, 0.6) is 0 Å². The first kappa shape index (κ1) is 14.6. The largest absolute Gasteiger partial charge is 0.370 e. The Labute approximate surface area is 135 Å². The lowest BCUT2D eigenvalue weighted by atomic mass is 9.88. The topological polar surface area (TPSA) is 36.0 Å². The normalized spacial score (nSPS) is 29.0. The van der Waals surface area contributed by atoms with Gasteiger partial charge in [0.15, 0.2) is 0 Å². The summed E-state index contributed by atoms with van der Waals surface area (Å²) in [6, 6.07) is 4.37. The molecule has 4 heterocycles. The van der Waals surface area contributed by atoms with E-state index in [0.29, 0.717) is 6.04 Å². The van der Waals surface area contributed by atoms with Crippen molar-refractivity contribution >= 4 is 17.2 Å². The van der Waals surface area contributed by atoms with Crippen molar-refractivity contribution in [3.63, 3.8) is 0 Å². The lowest BCUT2D eigenvalue weighted by Crippen LogP contribution is -2.63. The van der Waals surface area contributed by atoms with Crippen molar-refractivity contribution in [2.45, 2.75) is 18.1 Å². The van der Waals surface area contributed by atoms with Gasteiger partial charge in [-0.2, -0.15) is 0 Å². The van der Waals surface area contributed by atoms with E-state index in [1.54, 1.807) is 0 Å². The van der Waals surface area contributed by atoms with Gasteiger partial charge < -0.3 is 14.5 Å². The summed E-state index contributed by atoms with van der Waals surface area (Å²) in [6.07, 6.45) is 1.07. The maximum Gasteiger partial charge on any atom is 0.264 e. The van der Waals surface area contributed by atoms with Crippen molar-refractivity contribution in [2.75, 3.05) is 52.9 Å². The Kier molecular flexibility index (Phi) is 3.72. The minimum absolute atomic E-state index is 0.0685. The second kappa shape index (κ2) is 5.60. The van der Waals surface area contributed by atoms with Crippen molar-refractivity contribution in [1.29, 1.82) is 0 Å². The summed E-state index contributed by atoms with van der Waals surface area (Å²) in [4.78, 5) is 20.0. The van der Waals surface area contributed by atoms with Crippen LogP contribution in [0, 0.1) is 0 Å². The Balaban J connectivity index is 1.32. The summed E-state index contributed by atoms with van der Waals surface area (Å²) in [5.74, 6) is 0.160. The number of carbonyl (C=O) groups excluding carboxylic acids is 1. The predicted molar refractivity (Wildman–Crippen MR) is 86.4 cm³/mol. The fraction of sp³-hybridized carbons (Fsp3) is 0.688. The lowest BCUT2D eigenvalue weighted by Gasteiger charge is -2.47. The molecule has 1 aromatic heterocycles. The van der Waals surface area contributed by atoms with Crippen LogP contribution in [0.25, 0.3) is 0 Å². The van der Waals surface area contributed by atoms with E-state index < -0.39 is 0 Å². The van der Waals surface area contributed by atoms with Crippen LogP contribution in [0.2, 0.25) is 0 Å². The standard InChI is InChI=1S/C16H23N3O2S/c1-17-4-6-18(7-5-17)13-9-16(21-10-13)11-19(12-16)15(20)14-3-2-8-22-14/h2-3,8,13H,4-7,9-12H2,1H3. The molecule has 3 fully saturated rings. The van der Waals surface area contributed by atoms with Crippen LogP contribution < -0.4 is 0 Å².